The molecule has 3 nitrogen and oxygen atoms in total. The van der Waals surface area contributed by atoms with E-state index in [0.29, 0.717) is 17.6 Å². The first-order valence-electron chi connectivity index (χ1n) is 6.26. The van der Waals surface area contributed by atoms with Crippen molar-refractivity contribution in [1.29, 1.82) is 0 Å². The molecule has 104 valence electrons. The molecule has 20 heavy (non-hydrogen) atoms. The van der Waals surface area contributed by atoms with Crippen LogP contribution in [0.25, 0.3) is 0 Å². The van der Waals surface area contributed by atoms with Crippen molar-refractivity contribution in [3.8, 4) is 11.5 Å². The molecule has 1 aliphatic heterocycles. The minimum Gasteiger partial charge on any atom is -0.454 e. The molecule has 0 aromatic heterocycles. The van der Waals surface area contributed by atoms with Gasteiger partial charge in [-0.25, -0.2) is 4.39 Å². The van der Waals surface area contributed by atoms with Gasteiger partial charge >= 0.3 is 0 Å². The van der Waals surface area contributed by atoms with E-state index in [1.54, 1.807) is 12.1 Å². The molecule has 0 fully saturated rings. The van der Waals surface area contributed by atoms with Crippen molar-refractivity contribution >= 4 is 15.9 Å². The Morgan fingerprint density at radius 3 is 2.90 bits per heavy atom. The predicted octanol–water partition coefficient (Wildman–Crippen LogP) is 3.61. The molecule has 0 bridgehead atoms. The predicted molar refractivity (Wildman–Crippen MR) is 77.2 cm³/mol. The average molecular weight is 338 g/mol. The summed E-state index contributed by atoms with van der Waals surface area (Å²) in [6, 6.07) is 10.8. The van der Waals surface area contributed by atoms with Gasteiger partial charge in [0.1, 0.15) is 5.82 Å². The summed E-state index contributed by atoms with van der Waals surface area (Å²) in [7, 11) is 0. The highest BCUT2D eigenvalue weighted by atomic mass is 79.9. The minimum atomic E-state index is -0.250. The molecule has 0 spiro atoms. The third-order valence-electron chi connectivity index (χ3n) is 3.11. The van der Waals surface area contributed by atoms with Gasteiger partial charge in [0, 0.05) is 18.7 Å². The Morgan fingerprint density at radius 2 is 2.05 bits per heavy atom. The fraction of sp³-hybridized carbons (Fsp3) is 0.200. The van der Waals surface area contributed by atoms with Gasteiger partial charge in [-0.05, 0) is 39.7 Å². The van der Waals surface area contributed by atoms with Crippen LogP contribution in [0.2, 0.25) is 0 Å². The standard InChI is InChI=1S/C15H13BrFNO2/c16-12-6-10(4-5-13(12)17)7-18-8-11-2-1-3-14-15(11)20-9-19-14/h1-6,18H,7-9H2. The molecular weight excluding hydrogens is 325 g/mol. The Morgan fingerprint density at radius 1 is 1.15 bits per heavy atom. The lowest BCUT2D eigenvalue weighted by atomic mass is 10.1. The van der Waals surface area contributed by atoms with E-state index in [9.17, 15) is 4.39 Å². The molecule has 5 heteroatoms. The van der Waals surface area contributed by atoms with Crippen LogP contribution in [-0.2, 0) is 13.1 Å². The lowest BCUT2D eigenvalue weighted by molar-refractivity contribution is 0.173. The number of ether oxygens (including phenoxy) is 2. The number of fused-ring (bicyclic) bond motifs is 1. The van der Waals surface area contributed by atoms with E-state index in [1.165, 1.54) is 6.07 Å². The van der Waals surface area contributed by atoms with Crippen LogP contribution in [0.15, 0.2) is 40.9 Å². The number of rotatable bonds is 4. The van der Waals surface area contributed by atoms with E-state index < -0.39 is 0 Å². The van der Waals surface area contributed by atoms with Crippen molar-refractivity contribution in [2.24, 2.45) is 0 Å². The topological polar surface area (TPSA) is 30.5 Å². The zero-order valence-corrected chi connectivity index (χ0v) is 12.2. The van der Waals surface area contributed by atoms with Crippen LogP contribution in [0.5, 0.6) is 11.5 Å². The van der Waals surface area contributed by atoms with Crippen LogP contribution >= 0.6 is 15.9 Å². The molecule has 0 aliphatic carbocycles. The molecule has 0 radical (unpaired) electrons. The molecule has 0 saturated heterocycles. The van der Waals surface area contributed by atoms with Gasteiger partial charge in [0.2, 0.25) is 6.79 Å². The van der Waals surface area contributed by atoms with Crippen molar-refractivity contribution in [3.05, 3.63) is 57.8 Å². The van der Waals surface area contributed by atoms with Gasteiger partial charge in [-0.15, -0.1) is 0 Å². The van der Waals surface area contributed by atoms with Crippen molar-refractivity contribution in [3.63, 3.8) is 0 Å². The molecule has 1 N–H and O–H groups in total. The molecule has 0 amide bonds. The van der Waals surface area contributed by atoms with Crippen molar-refractivity contribution in [2.45, 2.75) is 13.1 Å². The first kappa shape index (κ1) is 13.4. The molecule has 1 aliphatic rings. The number of benzene rings is 2. The van der Waals surface area contributed by atoms with E-state index in [-0.39, 0.29) is 12.6 Å². The summed E-state index contributed by atoms with van der Waals surface area (Å²) >= 11 is 3.18. The van der Waals surface area contributed by atoms with Gasteiger partial charge in [0.25, 0.3) is 0 Å². The van der Waals surface area contributed by atoms with Gasteiger partial charge in [-0.2, -0.15) is 0 Å². The quantitative estimate of drug-likeness (QED) is 0.924. The third-order valence-corrected chi connectivity index (χ3v) is 3.71. The largest absolute Gasteiger partial charge is 0.454 e. The van der Waals surface area contributed by atoms with Crippen LogP contribution in [-0.4, -0.2) is 6.79 Å². The van der Waals surface area contributed by atoms with E-state index in [1.807, 2.05) is 18.2 Å². The summed E-state index contributed by atoms with van der Waals surface area (Å²) in [6.07, 6.45) is 0. The molecule has 1 heterocycles. The van der Waals surface area contributed by atoms with Crippen LogP contribution in [0, 0.1) is 5.82 Å². The van der Waals surface area contributed by atoms with Gasteiger partial charge in [0.15, 0.2) is 11.5 Å². The molecule has 2 aromatic carbocycles. The third kappa shape index (κ3) is 2.78. The number of hydrogen-bond acceptors (Lipinski definition) is 3. The highest BCUT2D eigenvalue weighted by molar-refractivity contribution is 9.10. The molecule has 0 unspecified atom stereocenters. The van der Waals surface area contributed by atoms with Crippen LogP contribution in [0.1, 0.15) is 11.1 Å². The van der Waals surface area contributed by atoms with Gasteiger partial charge in [0.05, 0.1) is 4.47 Å². The van der Waals surface area contributed by atoms with Crippen molar-refractivity contribution in [1.82, 2.24) is 5.32 Å². The number of nitrogens with one attached hydrogen (secondary N) is 1. The Balaban J connectivity index is 1.63. The number of hydrogen-bond donors (Lipinski definition) is 1. The zero-order chi connectivity index (χ0) is 13.9. The number of para-hydroxylation sites is 1. The second-order valence-electron chi connectivity index (χ2n) is 4.50. The first-order chi connectivity index (χ1) is 9.74. The Hall–Kier alpha value is -1.59. The highest BCUT2D eigenvalue weighted by Gasteiger charge is 2.16. The summed E-state index contributed by atoms with van der Waals surface area (Å²) in [5.74, 6) is 1.34. The lowest BCUT2D eigenvalue weighted by Crippen LogP contribution is -2.13. The smallest absolute Gasteiger partial charge is 0.231 e. The minimum absolute atomic E-state index is 0.250. The lowest BCUT2D eigenvalue weighted by Gasteiger charge is -2.08. The summed E-state index contributed by atoms with van der Waals surface area (Å²) in [4.78, 5) is 0. The highest BCUT2D eigenvalue weighted by Crippen LogP contribution is 2.35. The molecule has 2 aromatic rings. The summed E-state index contributed by atoms with van der Waals surface area (Å²) in [5.41, 5.74) is 2.07. The fourth-order valence-corrected chi connectivity index (χ4v) is 2.55. The summed E-state index contributed by atoms with van der Waals surface area (Å²) in [6.45, 7) is 1.60. The SMILES string of the molecule is Fc1ccc(CNCc2cccc3c2OCO3)cc1Br. The maximum Gasteiger partial charge on any atom is 0.231 e. The van der Waals surface area contributed by atoms with E-state index in [4.69, 9.17) is 9.47 Å². The second-order valence-corrected chi connectivity index (χ2v) is 5.36. The van der Waals surface area contributed by atoms with Gasteiger partial charge in [-0.1, -0.05) is 18.2 Å². The molecular formula is C15H13BrFNO2. The Kier molecular flexibility index (Phi) is 3.89. The molecule has 3 rings (SSSR count). The van der Waals surface area contributed by atoms with Crippen molar-refractivity contribution in [2.75, 3.05) is 6.79 Å². The van der Waals surface area contributed by atoms with Crippen LogP contribution in [0.4, 0.5) is 4.39 Å². The monoisotopic (exact) mass is 337 g/mol. The van der Waals surface area contributed by atoms with Gasteiger partial charge in [-0.3, -0.25) is 0 Å². The average Bonchev–Trinajstić information content (AvgIpc) is 2.92. The van der Waals surface area contributed by atoms with E-state index in [0.717, 1.165) is 22.6 Å². The zero-order valence-electron chi connectivity index (χ0n) is 10.7. The molecule has 0 saturated carbocycles. The van der Waals surface area contributed by atoms with Crippen molar-refractivity contribution < 1.29 is 13.9 Å². The normalized spacial score (nSPS) is 12.7. The summed E-state index contributed by atoms with van der Waals surface area (Å²) in [5, 5.41) is 3.32. The summed E-state index contributed by atoms with van der Waals surface area (Å²) < 4.78 is 24.4. The number of halogens is 2. The Bertz CT molecular complexity index is 633. The maximum atomic E-state index is 13.1. The fourth-order valence-electron chi connectivity index (χ4n) is 2.12. The van der Waals surface area contributed by atoms with Crippen LogP contribution < -0.4 is 14.8 Å². The first-order valence-corrected chi connectivity index (χ1v) is 7.05. The maximum absolute atomic E-state index is 13.1. The van der Waals surface area contributed by atoms with Crippen LogP contribution in [0.3, 0.4) is 0 Å². The van der Waals surface area contributed by atoms with E-state index in [2.05, 4.69) is 21.2 Å². The molecule has 0 atom stereocenters. The van der Waals surface area contributed by atoms with E-state index >= 15 is 0 Å². The van der Waals surface area contributed by atoms with Gasteiger partial charge < -0.3 is 14.8 Å². The second kappa shape index (κ2) is 5.81. The Labute approximate surface area is 124 Å².